The molecule has 21 heavy (non-hydrogen) atoms. The lowest BCUT2D eigenvalue weighted by atomic mass is 9.97. The van der Waals surface area contributed by atoms with Crippen LogP contribution in [0.2, 0.25) is 0 Å². The van der Waals surface area contributed by atoms with Gasteiger partial charge in [-0.25, -0.2) is 0 Å². The molecule has 4 heteroatoms. The lowest BCUT2D eigenvalue weighted by Crippen LogP contribution is -2.36. The number of aryl methyl sites for hydroxylation is 1. The van der Waals surface area contributed by atoms with Crippen molar-refractivity contribution in [2.75, 3.05) is 12.3 Å². The summed E-state index contributed by atoms with van der Waals surface area (Å²) in [5.74, 6) is 0.165. The fraction of sp³-hybridized carbons (Fsp3) is 0.235. The number of anilines is 1. The number of aromatic hydroxyl groups is 1. The molecule has 0 unspecified atom stereocenters. The molecule has 0 saturated heterocycles. The molecule has 3 rings (SSSR count). The number of fused-ring (bicyclic) bond motifs is 1. The molecular formula is C17H18N2O2. The van der Waals surface area contributed by atoms with E-state index in [-0.39, 0.29) is 11.7 Å². The number of hydrogen-bond acceptors (Lipinski definition) is 3. The maximum Gasteiger partial charge on any atom is 0.254 e. The summed E-state index contributed by atoms with van der Waals surface area (Å²) in [5.41, 5.74) is 10.5. The van der Waals surface area contributed by atoms with Crippen LogP contribution >= 0.6 is 0 Å². The molecule has 2 aromatic carbocycles. The summed E-state index contributed by atoms with van der Waals surface area (Å²) in [6.45, 7) is 3.07. The number of nitrogen functional groups attached to an aromatic ring is 1. The number of rotatable bonds is 1. The summed E-state index contributed by atoms with van der Waals surface area (Å²) in [5, 5.41) is 9.45. The second-order valence-corrected chi connectivity index (χ2v) is 5.46. The molecule has 0 bridgehead atoms. The molecule has 0 fully saturated rings. The molecule has 0 saturated carbocycles. The van der Waals surface area contributed by atoms with Gasteiger partial charge in [-0.2, -0.15) is 0 Å². The molecule has 0 radical (unpaired) electrons. The topological polar surface area (TPSA) is 66.6 Å². The Labute approximate surface area is 123 Å². The molecule has 3 N–H and O–H groups in total. The highest BCUT2D eigenvalue weighted by Gasteiger charge is 2.23. The Morgan fingerprint density at radius 1 is 1.29 bits per heavy atom. The number of carbonyl (C=O) groups is 1. The first kappa shape index (κ1) is 13.5. The minimum Gasteiger partial charge on any atom is -0.508 e. The summed E-state index contributed by atoms with van der Waals surface area (Å²) in [6, 6.07) is 10.7. The van der Waals surface area contributed by atoms with E-state index in [9.17, 15) is 9.90 Å². The lowest BCUT2D eigenvalue weighted by Gasteiger charge is -2.30. The lowest BCUT2D eigenvalue weighted by molar-refractivity contribution is 0.0734. The molecule has 1 aliphatic heterocycles. The summed E-state index contributed by atoms with van der Waals surface area (Å²) < 4.78 is 0. The van der Waals surface area contributed by atoms with Crippen LogP contribution in [0.3, 0.4) is 0 Å². The minimum atomic E-state index is -0.0126. The largest absolute Gasteiger partial charge is 0.508 e. The molecule has 0 aliphatic carbocycles. The van der Waals surface area contributed by atoms with Gasteiger partial charge in [0.25, 0.3) is 5.91 Å². The zero-order chi connectivity index (χ0) is 15.0. The second kappa shape index (κ2) is 5.13. The van der Waals surface area contributed by atoms with Crippen molar-refractivity contribution in [1.82, 2.24) is 4.90 Å². The van der Waals surface area contributed by atoms with Crippen molar-refractivity contribution in [3.05, 3.63) is 58.7 Å². The van der Waals surface area contributed by atoms with Gasteiger partial charge in [-0.15, -0.1) is 0 Å². The Bertz CT molecular complexity index is 710. The summed E-state index contributed by atoms with van der Waals surface area (Å²) in [6.07, 6.45) is 0.823. The average Bonchev–Trinajstić information content (AvgIpc) is 2.47. The van der Waals surface area contributed by atoms with Crippen molar-refractivity contribution in [1.29, 1.82) is 0 Å². The van der Waals surface area contributed by atoms with Gasteiger partial charge in [0.1, 0.15) is 5.75 Å². The SMILES string of the molecule is Cc1cc(O)ccc1C(=O)N1CCc2cccc(N)c2C1. The maximum atomic E-state index is 12.7. The Kier molecular flexibility index (Phi) is 3.29. The van der Waals surface area contributed by atoms with E-state index in [2.05, 4.69) is 6.07 Å². The van der Waals surface area contributed by atoms with Gasteiger partial charge in [0.15, 0.2) is 0 Å². The molecule has 0 aromatic heterocycles. The first-order valence-electron chi connectivity index (χ1n) is 7.01. The Morgan fingerprint density at radius 2 is 2.10 bits per heavy atom. The average molecular weight is 282 g/mol. The van der Waals surface area contributed by atoms with Crippen molar-refractivity contribution >= 4 is 11.6 Å². The van der Waals surface area contributed by atoms with Crippen LogP contribution < -0.4 is 5.73 Å². The second-order valence-electron chi connectivity index (χ2n) is 5.46. The molecule has 108 valence electrons. The third-order valence-corrected chi connectivity index (χ3v) is 4.04. The first-order chi connectivity index (χ1) is 10.1. The minimum absolute atomic E-state index is 0.0126. The van der Waals surface area contributed by atoms with Crippen molar-refractivity contribution in [2.45, 2.75) is 19.9 Å². The molecule has 1 aliphatic rings. The van der Waals surface area contributed by atoms with Gasteiger partial charge in [0, 0.05) is 24.3 Å². The van der Waals surface area contributed by atoms with Crippen molar-refractivity contribution in [3.8, 4) is 5.75 Å². The van der Waals surface area contributed by atoms with Crippen LogP contribution in [-0.2, 0) is 13.0 Å². The van der Waals surface area contributed by atoms with E-state index in [0.29, 0.717) is 18.7 Å². The van der Waals surface area contributed by atoms with Gasteiger partial charge >= 0.3 is 0 Å². The number of hydrogen-bond donors (Lipinski definition) is 2. The molecular weight excluding hydrogens is 264 g/mol. The van der Waals surface area contributed by atoms with E-state index in [1.807, 2.05) is 24.0 Å². The number of nitrogens with two attached hydrogens (primary N) is 1. The van der Waals surface area contributed by atoms with Crippen LogP contribution in [0.1, 0.15) is 27.0 Å². The number of carbonyl (C=O) groups excluding carboxylic acids is 1. The number of amides is 1. The maximum absolute atomic E-state index is 12.7. The van der Waals surface area contributed by atoms with Gasteiger partial charge in [0.2, 0.25) is 0 Å². The van der Waals surface area contributed by atoms with E-state index < -0.39 is 0 Å². The normalized spacial score (nSPS) is 13.9. The van der Waals surface area contributed by atoms with Crippen LogP contribution in [0.5, 0.6) is 5.75 Å². The Hall–Kier alpha value is -2.49. The van der Waals surface area contributed by atoms with Crippen molar-refractivity contribution < 1.29 is 9.90 Å². The third-order valence-electron chi connectivity index (χ3n) is 4.04. The number of nitrogens with zero attached hydrogens (tertiary/aromatic N) is 1. The smallest absolute Gasteiger partial charge is 0.254 e. The van der Waals surface area contributed by atoms with Crippen LogP contribution in [0.4, 0.5) is 5.69 Å². The van der Waals surface area contributed by atoms with Gasteiger partial charge in [-0.05, 0) is 54.3 Å². The van der Waals surface area contributed by atoms with E-state index in [0.717, 1.165) is 23.2 Å². The van der Waals surface area contributed by atoms with E-state index in [1.54, 1.807) is 18.2 Å². The Morgan fingerprint density at radius 3 is 2.86 bits per heavy atom. The fourth-order valence-corrected chi connectivity index (χ4v) is 2.84. The third kappa shape index (κ3) is 2.44. The summed E-state index contributed by atoms with van der Waals surface area (Å²) in [4.78, 5) is 14.5. The monoisotopic (exact) mass is 282 g/mol. The van der Waals surface area contributed by atoms with E-state index >= 15 is 0 Å². The van der Waals surface area contributed by atoms with Gasteiger partial charge in [-0.3, -0.25) is 4.79 Å². The summed E-state index contributed by atoms with van der Waals surface area (Å²) >= 11 is 0. The van der Waals surface area contributed by atoms with Gasteiger partial charge < -0.3 is 15.7 Å². The van der Waals surface area contributed by atoms with Gasteiger partial charge in [-0.1, -0.05) is 12.1 Å². The number of benzene rings is 2. The van der Waals surface area contributed by atoms with Crippen LogP contribution in [0.25, 0.3) is 0 Å². The van der Waals surface area contributed by atoms with Crippen LogP contribution in [-0.4, -0.2) is 22.5 Å². The number of phenolic OH excluding ortho intramolecular Hbond substituents is 1. The highest BCUT2D eigenvalue weighted by molar-refractivity contribution is 5.96. The predicted octanol–water partition coefficient (Wildman–Crippen LogP) is 2.48. The molecule has 1 amide bonds. The predicted molar refractivity (Wildman–Crippen MR) is 82.1 cm³/mol. The molecule has 4 nitrogen and oxygen atoms in total. The van der Waals surface area contributed by atoms with E-state index in [4.69, 9.17) is 5.73 Å². The number of phenols is 1. The Balaban J connectivity index is 1.89. The fourth-order valence-electron chi connectivity index (χ4n) is 2.84. The quantitative estimate of drug-likeness (QED) is 0.790. The standard InChI is InChI=1S/C17H18N2O2/c1-11-9-13(20)5-6-14(11)17(21)19-8-7-12-3-2-4-16(18)15(12)10-19/h2-6,9,20H,7-8,10,18H2,1H3. The van der Waals surface area contributed by atoms with Crippen molar-refractivity contribution in [3.63, 3.8) is 0 Å². The molecule has 2 aromatic rings. The van der Waals surface area contributed by atoms with Crippen LogP contribution in [0, 0.1) is 6.92 Å². The molecule has 0 atom stereocenters. The molecule has 0 spiro atoms. The van der Waals surface area contributed by atoms with Crippen molar-refractivity contribution in [2.24, 2.45) is 0 Å². The highest BCUT2D eigenvalue weighted by Crippen LogP contribution is 2.26. The first-order valence-corrected chi connectivity index (χ1v) is 7.01. The molecule has 1 heterocycles. The highest BCUT2D eigenvalue weighted by atomic mass is 16.3. The zero-order valence-electron chi connectivity index (χ0n) is 12.0. The zero-order valence-corrected chi connectivity index (χ0v) is 12.0. The van der Waals surface area contributed by atoms with E-state index in [1.165, 1.54) is 5.56 Å². The van der Waals surface area contributed by atoms with Crippen LogP contribution in [0.15, 0.2) is 36.4 Å². The van der Waals surface area contributed by atoms with Gasteiger partial charge in [0.05, 0.1) is 0 Å². The summed E-state index contributed by atoms with van der Waals surface area (Å²) in [7, 11) is 0.